The molecule has 0 aliphatic heterocycles. The number of amides is 1. The molecule has 0 fully saturated rings. The van der Waals surface area contributed by atoms with Gasteiger partial charge in [-0.3, -0.25) is 4.79 Å². The first kappa shape index (κ1) is 20.3. The summed E-state index contributed by atoms with van der Waals surface area (Å²) in [6.45, 7) is 2.10. The molecule has 0 saturated heterocycles. The van der Waals surface area contributed by atoms with E-state index < -0.39 is 11.9 Å². The van der Waals surface area contributed by atoms with Crippen molar-refractivity contribution in [3.05, 3.63) is 63.1 Å². The van der Waals surface area contributed by atoms with E-state index in [-0.39, 0.29) is 16.2 Å². The second-order valence-electron chi connectivity index (χ2n) is 5.24. The Morgan fingerprint density at radius 1 is 1.22 bits per heavy atom. The van der Waals surface area contributed by atoms with E-state index in [1.54, 1.807) is 13.0 Å². The maximum Gasteiger partial charge on any atom is 0.335 e. The van der Waals surface area contributed by atoms with Gasteiger partial charge in [-0.25, -0.2) is 4.79 Å². The van der Waals surface area contributed by atoms with Gasteiger partial charge in [0.1, 0.15) is 17.4 Å². The Morgan fingerprint density at radius 3 is 2.56 bits per heavy atom. The standard InChI is InChI=1S/C19H14Cl2N2O4/c1-2-27-17-6-3-11(19(25)26)7-12(17)8-13(10-22)18(24)23-14-4-5-15(20)16(21)9-14/h3-9H,2H2,1H3,(H,23,24)(H,25,26)/b13-8+. The minimum atomic E-state index is -1.13. The molecule has 0 saturated carbocycles. The number of anilines is 1. The summed E-state index contributed by atoms with van der Waals surface area (Å²) in [7, 11) is 0. The van der Waals surface area contributed by atoms with Crippen molar-refractivity contribution in [2.75, 3.05) is 11.9 Å². The van der Waals surface area contributed by atoms with E-state index in [1.807, 2.05) is 0 Å². The van der Waals surface area contributed by atoms with Gasteiger partial charge in [0.25, 0.3) is 5.91 Å². The quantitative estimate of drug-likeness (QED) is 0.539. The van der Waals surface area contributed by atoms with Gasteiger partial charge in [0.2, 0.25) is 0 Å². The van der Waals surface area contributed by atoms with Gasteiger partial charge in [0, 0.05) is 11.3 Å². The number of nitrogens with zero attached hydrogens (tertiary/aromatic N) is 1. The highest BCUT2D eigenvalue weighted by Gasteiger charge is 2.14. The normalized spacial score (nSPS) is 10.8. The predicted octanol–water partition coefficient (Wildman–Crippen LogP) is 4.64. The molecule has 27 heavy (non-hydrogen) atoms. The van der Waals surface area contributed by atoms with Crippen LogP contribution in [0.15, 0.2) is 42.0 Å². The summed E-state index contributed by atoms with van der Waals surface area (Å²) in [6, 6.07) is 10.5. The van der Waals surface area contributed by atoms with E-state index in [4.69, 9.17) is 33.0 Å². The molecule has 0 aliphatic carbocycles. The maximum atomic E-state index is 12.4. The largest absolute Gasteiger partial charge is 0.493 e. The van der Waals surface area contributed by atoms with Crippen LogP contribution in [0.4, 0.5) is 5.69 Å². The summed E-state index contributed by atoms with van der Waals surface area (Å²) < 4.78 is 5.43. The SMILES string of the molecule is CCOc1ccc(C(=O)O)cc1/C=C(\C#N)C(=O)Nc1ccc(Cl)c(Cl)c1. The lowest BCUT2D eigenvalue weighted by Gasteiger charge is -2.09. The molecule has 1 amide bonds. The Bertz CT molecular complexity index is 965. The summed E-state index contributed by atoms with van der Waals surface area (Å²) in [6.07, 6.45) is 1.27. The first-order chi connectivity index (χ1) is 12.8. The third kappa shape index (κ3) is 5.23. The number of halogens is 2. The zero-order chi connectivity index (χ0) is 20.0. The molecule has 0 radical (unpaired) electrons. The number of carboxylic acids is 1. The van der Waals surface area contributed by atoms with Crippen molar-refractivity contribution in [3.8, 4) is 11.8 Å². The molecule has 2 aromatic rings. The van der Waals surface area contributed by atoms with Crippen molar-refractivity contribution in [3.63, 3.8) is 0 Å². The molecule has 2 N–H and O–H groups in total. The zero-order valence-corrected chi connectivity index (χ0v) is 15.6. The van der Waals surface area contributed by atoms with E-state index >= 15 is 0 Å². The summed E-state index contributed by atoms with van der Waals surface area (Å²) in [5.74, 6) is -1.46. The molecule has 6 nitrogen and oxygen atoms in total. The fraction of sp³-hybridized carbons (Fsp3) is 0.105. The Hall–Kier alpha value is -3.01. The number of rotatable bonds is 6. The Morgan fingerprint density at radius 2 is 1.96 bits per heavy atom. The number of ether oxygens (including phenoxy) is 1. The van der Waals surface area contributed by atoms with E-state index in [2.05, 4.69) is 5.32 Å². The first-order valence-electron chi connectivity index (χ1n) is 7.74. The molecule has 0 unspecified atom stereocenters. The number of carboxylic acid groups (broad SMARTS) is 1. The van der Waals surface area contributed by atoms with Crippen molar-refractivity contribution in [1.29, 1.82) is 5.26 Å². The molecule has 0 spiro atoms. The predicted molar refractivity (Wildman–Crippen MR) is 103 cm³/mol. The van der Waals surface area contributed by atoms with Gasteiger partial charge in [-0.1, -0.05) is 23.2 Å². The molecule has 2 aromatic carbocycles. The fourth-order valence-corrected chi connectivity index (χ4v) is 2.46. The highest BCUT2D eigenvalue weighted by atomic mass is 35.5. The minimum absolute atomic E-state index is 0.00637. The third-order valence-electron chi connectivity index (χ3n) is 3.40. The number of hydrogen-bond donors (Lipinski definition) is 2. The maximum absolute atomic E-state index is 12.4. The van der Waals surface area contributed by atoms with Gasteiger partial charge in [-0.15, -0.1) is 0 Å². The van der Waals surface area contributed by atoms with Crippen LogP contribution in [0.5, 0.6) is 5.75 Å². The van der Waals surface area contributed by atoms with E-state index in [0.29, 0.717) is 28.6 Å². The number of benzene rings is 2. The minimum Gasteiger partial charge on any atom is -0.493 e. The van der Waals surface area contributed by atoms with Crippen LogP contribution in [0.2, 0.25) is 10.0 Å². The smallest absolute Gasteiger partial charge is 0.335 e. The second kappa shape index (κ2) is 9.08. The van der Waals surface area contributed by atoms with Crippen molar-refractivity contribution in [2.24, 2.45) is 0 Å². The van der Waals surface area contributed by atoms with Crippen molar-refractivity contribution < 1.29 is 19.4 Å². The number of carbonyl (C=O) groups is 2. The lowest BCUT2D eigenvalue weighted by molar-refractivity contribution is -0.112. The Labute approximate surface area is 165 Å². The lowest BCUT2D eigenvalue weighted by Crippen LogP contribution is -2.13. The van der Waals surface area contributed by atoms with Crippen LogP contribution in [-0.2, 0) is 4.79 Å². The monoisotopic (exact) mass is 404 g/mol. The highest BCUT2D eigenvalue weighted by molar-refractivity contribution is 6.42. The molecule has 0 aliphatic rings. The van der Waals surface area contributed by atoms with Crippen LogP contribution in [0.3, 0.4) is 0 Å². The summed E-state index contributed by atoms with van der Waals surface area (Å²) >= 11 is 11.7. The summed E-state index contributed by atoms with van der Waals surface area (Å²) in [5.41, 5.74) is 0.439. The van der Waals surface area contributed by atoms with E-state index in [0.717, 1.165) is 0 Å². The zero-order valence-electron chi connectivity index (χ0n) is 14.1. The number of nitrogens with one attached hydrogen (secondary N) is 1. The van der Waals surface area contributed by atoms with Crippen LogP contribution < -0.4 is 10.1 Å². The van der Waals surface area contributed by atoms with Crippen LogP contribution in [0, 0.1) is 11.3 Å². The highest BCUT2D eigenvalue weighted by Crippen LogP contribution is 2.26. The topological polar surface area (TPSA) is 99.4 Å². The molecule has 138 valence electrons. The van der Waals surface area contributed by atoms with Gasteiger partial charge in [-0.05, 0) is 49.4 Å². The molecule has 2 rings (SSSR count). The van der Waals surface area contributed by atoms with E-state index in [9.17, 15) is 14.9 Å². The van der Waals surface area contributed by atoms with Crippen LogP contribution in [0.25, 0.3) is 6.08 Å². The van der Waals surface area contributed by atoms with Gasteiger partial charge in [0.05, 0.1) is 22.2 Å². The van der Waals surface area contributed by atoms with Crippen molar-refractivity contribution >= 4 is 46.8 Å². The van der Waals surface area contributed by atoms with Gasteiger partial charge in [0.15, 0.2) is 0 Å². The molecule has 8 heteroatoms. The number of hydrogen-bond acceptors (Lipinski definition) is 4. The Balaban J connectivity index is 2.37. The number of nitriles is 1. The van der Waals surface area contributed by atoms with Crippen LogP contribution in [-0.4, -0.2) is 23.6 Å². The van der Waals surface area contributed by atoms with Gasteiger partial charge in [-0.2, -0.15) is 5.26 Å². The molecule has 0 atom stereocenters. The van der Waals surface area contributed by atoms with E-state index in [1.165, 1.54) is 42.5 Å². The van der Waals surface area contributed by atoms with Crippen LogP contribution in [0.1, 0.15) is 22.8 Å². The number of aromatic carboxylic acids is 1. The fourth-order valence-electron chi connectivity index (χ4n) is 2.16. The first-order valence-corrected chi connectivity index (χ1v) is 8.49. The molecule has 0 aromatic heterocycles. The lowest BCUT2D eigenvalue weighted by atomic mass is 10.1. The summed E-state index contributed by atoms with van der Waals surface area (Å²) in [5, 5.41) is 21.6. The van der Waals surface area contributed by atoms with Crippen LogP contribution >= 0.6 is 23.2 Å². The second-order valence-corrected chi connectivity index (χ2v) is 6.06. The van der Waals surface area contributed by atoms with Gasteiger partial charge >= 0.3 is 5.97 Å². The number of carbonyl (C=O) groups excluding carboxylic acids is 1. The van der Waals surface area contributed by atoms with Crippen molar-refractivity contribution in [2.45, 2.75) is 6.92 Å². The molecular formula is C19H14Cl2N2O4. The third-order valence-corrected chi connectivity index (χ3v) is 4.14. The van der Waals surface area contributed by atoms with Gasteiger partial charge < -0.3 is 15.2 Å². The average Bonchev–Trinajstić information content (AvgIpc) is 2.63. The Kier molecular flexibility index (Phi) is 6.83. The molecular weight excluding hydrogens is 391 g/mol. The summed E-state index contributed by atoms with van der Waals surface area (Å²) in [4.78, 5) is 23.6. The van der Waals surface area contributed by atoms with Crippen molar-refractivity contribution in [1.82, 2.24) is 0 Å². The molecule has 0 heterocycles. The average molecular weight is 405 g/mol. The molecule has 0 bridgehead atoms.